The number of amides is 1. The number of ether oxygens (including phenoxy) is 1. The molecule has 26 heavy (non-hydrogen) atoms. The summed E-state index contributed by atoms with van der Waals surface area (Å²) in [5, 5.41) is 0.612. The van der Waals surface area contributed by atoms with E-state index in [0.717, 1.165) is 10.4 Å². The van der Waals surface area contributed by atoms with Crippen LogP contribution in [-0.4, -0.2) is 21.5 Å². The summed E-state index contributed by atoms with van der Waals surface area (Å²) >= 11 is 1.45. The molecule has 0 bridgehead atoms. The molecule has 7 nitrogen and oxygen atoms in total. The lowest BCUT2D eigenvalue weighted by atomic mass is 9.94. The molecule has 2 aromatic heterocycles. The molecule has 0 atom stereocenters. The fraction of sp³-hybridized carbons (Fsp3) is 0.278. The highest BCUT2D eigenvalue weighted by Crippen LogP contribution is 2.36. The molecule has 0 unspecified atom stereocenters. The molecule has 3 heterocycles. The molecule has 1 aliphatic heterocycles. The van der Waals surface area contributed by atoms with Crippen LogP contribution in [0.25, 0.3) is 10.2 Å². The van der Waals surface area contributed by atoms with Gasteiger partial charge in [-0.2, -0.15) is 0 Å². The predicted octanol–water partition coefficient (Wildman–Crippen LogP) is 2.59. The second-order valence-electron chi connectivity index (χ2n) is 6.77. The quantitative estimate of drug-likeness (QED) is 0.616. The highest BCUT2D eigenvalue weighted by molar-refractivity contribution is 7.18. The van der Waals surface area contributed by atoms with Crippen molar-refractivity contribution in [2.24, 2.45) is 0 Å². The smallest absolute Gasteiger partial charge is 0.269 e. The van der Waals surface area contributed by atoms with Crippen molar-refractivity contribution in [1.82, 2.24) is 15.4 Å². The zero-order valence-electron chi connectivity index (χ0n) is 14.4. The van der Waals surface area contributed by atoms with Gasteiger partial charge < -0.3 is 4.74 Å². The number of thiophene rings is 1. The van der Waals surface area contributed by atoms with Crippen molar-refractivity contribution >= 4 is 33.4 Å². The number of nitrogens with one attached hydrogen (secondary N) is 3. The van der Waals surface area contributed by atoms with Gasteiger partial charge in [0, 0.05) is 16.9 Å². The van der Waals surface area contributed by atoms with Crippen LogP contribution < -0.4 is 16.4 Å². The summed E-state index contributed by atoms with van der Waals surface area (Å²) in [6.07, 6.45) is 0.671. The van der Waals surface area contributed by atoms with Crippen LogP contribution in [0.4, 0.5) is 5.95 Å². The maximum atomic E-state index is 12.6. The number of hydrogen-bond acceptors (Lipinski definition) is 6. The molecule has 0 saturated carbocycles. The molecule has 0 aliphatic carbocycles. The first-order valence-electron chi connectivity index (χ1n) is 8.23. The van der Waals surface area contributed by atoms with Crippen molar-refractivity contribution in [3.05, 3.63) is 56.7 Å². The lowest BCUT2D eigenvalue weighted by Crippen LogP contribution is -2.32. The normalized spacial score (nSPS) is 15.5. The number of aromatic amines is 1. The van der Waals surface area contributed by atoms with Crippen LogP contribution in [0.15, 0.2) is 35.1 Å². The van der Waals surface area contributed by atoms with Gasteiger partial charge in [-0.05, 0) is 31.5 Å². The Bertz CT molecular complexity index is 1040. The van der Waals surface area contributed by atoms with Gasteiger partial charge >= 0.3 is 0 Å². The Morgan fingerprint density at radius 2 is 2.08 bits per heavy atom. The van der Waals surface area contributed by atoms with E-state index >= 15 is 0 Å². The van der Waals surface area contributed by atoms with Crippen LogP contribution in [0.1, 0.15) is 34.6 Å². The molecule has 0 radical (unpaired) electrons. The first kappa shape index (κ1) is 16.7. The third-order valence-corrected chi connectivity index (χ3v) is 5.37. The number of rotatable bonds is 3. The molecule has 8 heteroatoms. The van der Waals surface area contributed by atoms with Crippen LogP contribution in [0.5, 0.6) is 0 Å². The lowest BCUT2D eigenvalue weighted by Gasteiger charge is -2.29. The zero-order chi connectivity index (χ0) is 18.3. The summed E-state index contributed by atoms with van der Waals surface area (Å²) in [5.74, 6) is -0.112. The van der Waals surface area contributed by atoms with Gasteiger partial charge in [-0.15, -0.1) is 11.3 Å². The van der Waals surface area contributed by atoms with Crippen molar-refractivity contribution in [3.8, 4) is 0 Å². The van der Waals surface area contributed by atoms with E-state index in [1.807, 2.05) is 19.9 Å². The minimum atomic E-state index is -0.311. The SMILES string of the molecule is CC1(C)Cc2c(sc3nc(NNC(=O)c4ccccc4)[nH]c(=O)c23)CO1. The summed E-state index contributed by atoms with van der Waals surface area (Å²) in [7, 11) is 0. The van der Waals surface area contributed by atoms with Crippen LogP contribution in [-0.2, 0) is 17.8 Å². The molecule has 134 valence electrons. The Morgan fingerprint density at radius 3 is 2.85 bits per heavy atom. The number of hydrazine groups is 1. The van der Waals surface area contributed by atoms with Gasteiger partial charge in [0.2, 0.25) is 5.95 Å². The molecule has 1 aromatic carbocycles. The predicted molar refractivity (Wildman–Crippen MR) is 100 cm³/mol. The highest BCUT2D eigenvalue weighted by Gasteiger charge is 2.30. The maximum absolute atomic E-state index is 12.6. The summed E-state index contributed by atoms with van der Waals surface area (Å²) in [6, 6.07) is 8.79. The number of carbonyl (C=O) groups excluding carboxylic acids is 1. The van der Waals surface area contributed by atoms with Gasteiger partial charge in [0.1, 0.15) is 4.83 Å². The van der Waals surface area contributed by atoms with Crippen LogP contribution >= 0.6 is 11.3 Å². The number of anilines is 1. The molecule has 3 N–H and O–H groups in total. The van der Waals surface area contributed by atoms with Gasteiger partial charge in [0.25, 0.3) is 11.5 Å². The van der Waals surface area contributed by atoms with Crippen LogP contribution in [0, 0.1) is 0 Å². The van der Waals surface area contributed by atoms with E-state index in [1.165, 1.54) is 11.3 Å². The monoisotopic (exact) mass is 370 g/mol. The largest absolute Gasteiger partial charge is 0.370 e. The molecule has 4 rings (SSSR count). The molecule has 0 saturated heterocycles. The van der Waals surface area contributed by atoms with Crippen molar-refractivity contribution in [3.63, 3.8) is 0 Å². The Balaban J connectivity index is 1.60. The Kier molecular flexibility index (Phi) is 4.01. The second kappa shape index (κ2) is 6.22. The second-order valence-corrected chi connectivity index (χ2v) is 7.85. The first-order valence-corrected chi connectivity index (χ1v) is 9.04. The van der Waals surface area contributed by atoms with E-state index < -0.39 is 0 Å². The van der Waals surface area contributed by atoms with Gasteiger partial charge in [0.15, 0.2) is 0 Å². The summed E-state index contributed by atoms with van der Waals surface area (Å²) in [6.45, 7) is 4.50. The number of benzene rings is 1. The molecule has 3 aromatic rings. The fourth-order valence-electron chi connectivity index (χ4n) is 2.99. The minimum Gasteiger partial charge on any atom is -0.370 e. The molecule has 1 amide bonds. The van der Waals surface area contributed by atoms with E-state index in [4.69, 9.17) is 4.74 Å². The Labute approximate surface area is 153 Å². The number of carbonyl (C=O) groups is 1. The van der Waals surface area contributed by atoms with Crippen LogP contribution in [0.3, 0.4) is 0 Å². The molecular formula is C18H18N4O3S. The minimum absolute atomic E-state index is 0.200. The van der Waals surface area contributed by atoms with Crippen molar-refractivity contribution in [1.29, 1.82) is 0 Å². The van der Waals surface area contributed by atoms with Crippen molar-refractivity contribution < 1.29 is 9.53 Å². The molecular weight excluding hydrogens is 352 g/mol. The fourth-order valence-corrected chi connectivity index (χ4v) is 4.09. The van der Waals surface area contributed by atoms with E-state index in [1.54, 1.807) is 24.3 Å². The lowest BCUT2D eigenvalue weighted by molar-refractivity contribution is -0.0379. The Hall–Kier alpha value is -2.71. The van der Waals surface area contributed by atoms with Gasteiger partial charge in [-0.3, -0.25) is 25.4 Å². The maximum Gasteiger partial charge on any atom is 0.269 e. The Morgan fingerprint density at radius 1 is 1.31 bits per heavy atom. The van der Waals surface area contributed by atoms with Gasteiger partial charge in [0.05, 0.1) is 17.6 Å². The average molecular weight is 370 g/mol. The molecule has 1 aliphatic rings. The van der Waals surface area contributed by atoms with Crippen molar-refractivity contribution in [2.45, 2.75) is 32.5 Å². The number of nitrogens with zero attached hydrogens (tertiary/aromatic N) is 1. The average Bonchev–Trinajstić information content (AvgIpc) is 2.97. The zero-order valence-corrected chi connectivity index (χ0v) is 15.2. The number of fused-ring (bicyclic) bond motifs is 3. The van der Waals surface area contributed by atoms with E-state index in [-0.39, 0.29) is 23.0 Å². The van der Waals surface area contributed by atoms with Gasteiger partial charge in [-0.25, -0.2) is 4.98 Å². The van der Waals surface area contributed by atoms with Crippen LogP contribution in [0.2, 0.25) is 0 Å². The number of H-pyrrole nitrogens is 1. The van der Waals surface area contributed by atoms with E-state index in [2.05, 4.69) is 20.8 Å². The molecule has 0 spiro atoms. The topological polar surface area (TPSA) is 96.1 Å². The highest BCUT2D eigenvalue weighted by atomic mass is 32.1. The third kappa shape index (κ3) is 3.09. The number of hydrogen-bond donors (Lipinski definition) is 3. The third-order valence-electron chi connectivity index (χ3n) is 4.27. The molecule has 0 fully saturated rings. The van der Waals surface area contributed by atoms with Gasteiger partial charge in [-0.1, -0.05) is 18.2 Å². The summed E-state index contributed by atoms with van der Waals surface area (Å²) < 4.78 is 5.82. The van der Waals surface area contributed by atoms with E-state index in [9.17, 15) is 9.59 Å². The standard InChI is InChI=1S/C18H18N4O3S/c1-18(2)8-11-12(9-25-18)26-16-13(11)15(24)19-17(20-16)22-21-14(23)10-6-4-3-5-7-10/h3-7H,8-9H2,1-2H3,(H,21,23)(H2,19,20,22,24). The number of aromatic nitrogens is 2. The van der Waals surface area contributed by atoms with E-state index in [0.29, 0.717) is 28.8 Å². The first-order chi connectivity index (χ1) is 12.4. The van der Waals surface area contributed by atoms with Crippen molar-refractivity contribution in [2.75, 3.05) is 5.43 Å². The summed E-state index contributed by atoms with van der Waals surface area (Å²) in [4.78, 5) is 33.5. The summed E-state index contributed by atoms with van der Waals surface area (Å²) in [5.41, 5.74) is 6.22.